The smallest absolute Gasteiger partial charge is 0.122 e. The van der Waals surface area contributed by atoms with Crippen molar-refractivity contribution in [2.45, 2.75) is 0 Å². The van der Waals surface area contributed by atoms with Crippen LogP contribution in [0.15, 0.2) is 48.3 Å². The molecule has 0 spiro atoms. The SMILES string of the molecule is C=C1C=CC=CC=C1O. The van der Waals surface area contributed by atoms with Crippen molar-refractivity contribution in [3.8, 4) is 0 Å². The van der Waals surface area contributed by atoms with E-state index in [9.17, 15) is 0 Å². The first-order chi connectivity index (χ1) is 4.30. The third-order valence-electron chi connectivity index (χ3n) is 1.10. The Balaban J connectivity index is 2.93. The second-order valence-electron chi connectivity index (χ2n) is 1.82. The molecule has 1 nitrogen and oxygen atoms in total. The molecule has 9 heavy (non-hydrogen) atoms. The molecule has 0 aromatic rings. The minimum Gasteiger partial charge on any atom is -0.507 e. The van der Waals surface area contributed by atoms with Crippen molar-refractivity contribution in [1.82, 2.24) is 0 Å². The van der Waals surface area contributed by atoms with Crippen LogP contribution in [0.2, 0.25) is 0 Å². The third kappa shape index (κ3) is 1.32. The summed E-state index contributed by atoms with van der Waals surface area (Å²) in [5, 5.41) is 9.02. The van der Waals surface area contributed by atoms with Crippen molar-refractivity contribution >= 4 is 0 Å². The van der Waals surface area contributed by atoms with Crippen molar-refractivity contribution in [2.24, 2.45) is 0 Å². The second kappa shape index (κ2) is 2.35. The molecule has 1 aliphatic carbocycles. The molecule has 1 aliphatic rings. The van der Waals surface area contributed by atoms with Crippen LogP contribution < -0.4 is 0 Å². The fourth-order valence-corrected chi connectivity index (χ4v) is 0.575. The predicted octanol–water partition coefficient (Wildman–Crippen LogP) is 2.11. The zero-order chi connectivity index (χ0) is 6.69. The Morgan fingerprint density at radius 2 is 2.00 bits per heavy atom. The lowest BCUT2D eigenvalue weighted by atomic mass is 10.2. The van der Waals surface area contributed by atoms with Crippen LogP contribution >= 0.6 is 0 Å². The van der Waals surface area contributed by atoms with Crippen LogP contribution in [-0.2, 0) is 0 Å². The standard InChI is InChI=1S/C8H8O/c1-7-5-3-2-4-6-8(7)9/h2-6,9H,1H2. The molecular weight excluding hydrogens is 112 g/mol. The molecule has 46 valence electrons. The summed E-state index contributed by atoms with van der Waals surface area (Å²) < 4.78 is 0. The second-order valence-corrected chi connectivity index (χ2v) is 1.82. The molecule has 1 heteroatoms. The van der Waals surface area contributed by atoms with E-state index in [0.29, 0.717) is 5.57 Å². The molecule has 0 aliphatic heterocycles. The van der Waals surface area contributed by atoms with Gasteiger partial charge >= 0.3 is 0 Å². The number of hydrogen-bond acceptors (Lipinski definition) is 1. The Morgan fingerprint density at radius 3 is 2.78 bits per heavy atom. The lowest BCUT2D eigenvalue weighted by Crippen LogP contribution is -1.78. The van der Waals surface area contributed by atoms with Gasteiger partial charge in [0, 0.05) is 5.57 Å². The van der Waals surface area contributed by atoms with Gasteiger partial charge in [0.05, 0.1) is 0 Å². The Bertz CT molecular complexity index is 207. The van der Waals surface area contributed by atoms with Gasteiger partial charge in [-0.15, -0.1) is 0 Å². The number of allylic oxidation sites excluding steroid dienone is 5. The van der Waals surface area contributed by atoms with E-state index in [1.807, 2.05) is 12.2 Å². The summed E-state index contributed by atoms with van der Waals surface area (Å²) in [6.07, 6.45) is 8.82. The highest BCUT2D eigenvalue weighted by atomic mass is 16.3. The Hall–Kier alpha value is -1.24. The van der Waals surface area contributed by atoms with Crippen LogP contribution in [0.25, 0.3) is 0 Å². The van der Waals surface area contributed by atoms with Crippen LogP contribution in [0, 0.1) is 0 Å². The fraction of sp³-hybridized carbons (Fsp3) is 0. The molecule has 0 amide bonds. The molecule has 0 saturated heterocycles. The van der Waals surface area contributed by atoms with Crippen LogP contribution in [-0.4, -0.2) is 5.11 Å². The van der Waals surface area contributed by atoms with Crippen molar-refractivity contribution in [3.63, 3.8) is 0 Å². The molecule has 1 N–H and O–H groups in total. The number of aliphatic hydroxyl groups is 1. The number of rotatable bonds is 0. The average molecular weight is 120 g/mol. The van der Waals surface area contributed by atoms with Crippen molar-refractivity contribution in [2.75, 3.05) is 0 Å². The third-order valence-corrected chi connectivity index (χ3v) is 1.10. The lowest BCUT2D eigenvalue weighted by molar-refractivity contribution is 0.427. The van der Waals surface area contributed by atoms with E-state index < -0.39 is 0 Å². The topological polar surface area (TPSA) is 20.2 Å². The van der Waals surface area contributed by atoms with Gasteiger partial charge in [0.25, 0.3) is 0 Å². The molecule has 0 unspecified atom stereocenters. The van der Waals surface area contributed by atoms with Gasteiger partial charge in [0.1, 0.15) is 5.76 Å². The molecule has 0 aromatic carbocycles. The first-order valence-electron chi connectivity index (χ1n) is 2.74. The molecule has 0 atom stereocenters. The lowest BCUT2D eigenvalue weighted by Gasteiger charge is -1.92. The first-order valence-corrected chi connectivity index (χ1v) is 2.74. The van der Waals surface area contributed by atoms with E-state index in [1.165, 1.54) is 0 Å². The van der Waals surface area contributed by atoms with Gasteiger partial charge in [-0.3, -0.25) is 0 Å². The molecule has 1 rings (SSSR count). The van der Waals surface area contributed by atoms with Gasteiger partial charge < -0.3 is 5.11 Å². The Morgan fingerprint density at radius 1 is 1.22 bits per heavy atom. The Labute approximate surface area is 54.3 Å². The van der Waals surface area contributed by atoms with Crippen molar-refractivity contribution < 1.29 is 5.11 Å². The minimum atomic E-state index is 0.236. The van der Waals surface area contributed by atoms with Gasteiger partial charge in [-0.2, -0.15) is 0 Å². The van der Waals surface area contributed by atoms with E-state index >= 15 is 0 Å². The van der Waals surface area contributed by atoms with Crippen LogP contribution in [0.5, 0.6) is 0 Å². The number of hydrogen-bond donors (Lipinski definition) is 1. The predicted molar refractivity (Wildman–Crippen MR) is 38.1 cm³/mol. The van der Waals surface area contributed by atoms with Crippen LogP contribution in [0.4, 0.5) is 0 Å². The van der Waals surface area contributed by atoms with Crippen LogP contribution in [0.1, 0.15) is 0 Å². The molecule has 0 radical (unpaired) electrons. The minimum absolute atomic E-state index is 0.236. The molecular formula is C8H8O. The maximum absolute atomic E-state index is 9.02. The van der Waals surface area contributed by atoms with E-state index in [1.54, 1.807) is 18.2 Å². The zero-order valence-corrected chi connectivity index (χ0v) is 5.04. The normalized spacial score (nSPS) is 17.3. The summed E-state index contributed by atoms with van der Waals surface area (Å²) >= 11 is 0. The molecule has 0 heterocycles. The summed E-state index contributed by atoms with van der Waals surface area (Å²) in [5.41, 5.74) is 0.653. The largest absolute Gasteiger partial charge is 0.507 e. The quantitative estimate of drug-likeness (QED) is 0.519. The first kappa shape index (κ1) is 5.89. The monoisotopic (exact) mass is 120 g/mol. The van der Waals surface area contributed by atoms with Gasteiger partial charge in [-0.25, -0.2) is 0 Å². The highest BCUT2D eigenvalue weighted by Crippen LogP contribution is 2.07. The van der Waals surface area contributed by atoms with Crippen LogP contribution in [0.3, 0.4) is 0 Å². The zero-order valence-electron chi connectivity index (χ0n) is 5.04. The van der Waals surface area contributed by atoms with E-state index in [4.69, 9.17) is 5.11 Å². The summed E-state index contributed by atoms with van der Waals surface area (Å²) in [6, 6.07) is 0. The van der Waals surface area contributed by atoms with Gasteiger partial charge in [-0.1, -0.05) is 30.9 Å². The molecule has 0 bridgehead atoms. The average Bonchev–Trinajstić information content (AvgIpc) is 1.99. The summed E-state index contributed by atoms with van der Waals surface area (Å²) in [6.45, 7) is 3.61. The maximum Gasteiger partial charge on any atom is 0.122 e. The highest BCUT2D eigenvalue weighted by Gasteiger charge is 1.93. The van der Waals surface area contributed by atoms with Gasteiger partial charge in [0.2, 0.25) is 0 Å². The maximum atomic E-state index is 9.02. The molecule has 0 saturated carbocycles. The highest BCUT2D eigenvalue weighted by molar-refractivity contribution is 5.38. The summed E-state index contributed by atoms with van der Waals surface area (Å²) in [4.78, 5) is 0. The van der Waals surface area contributed by atoms with E-state index in [0.717, 1.165) is 0 Å². The summed E-state index contributed by atoms with van der Waals surface area (Å²) in [7, 11) is 0. The molecule has 0 aromatic heterocycles. The van der Waals surface area contributed by atoms with E-state index in [2.05, 4.69) is 6.58 Å². The summed E-state index contributed by atoms with van der Waals surface area (Å²) in [5.74, 6) is 0.236. The van der Waals surface area contributed by atoms with Crippen molar-refractivity contribution in [1.29, 1.82) is 0 Å². The van der Waals surface area contributed by atoms with Crippen molar-refractivity contribution in [3.05, 3.63) is 48.3 Å². The van der Waals surface area contributed by atoms with Gasteiger partial charge in [0.15, 0.2) is 0 Å². The molecule has 0 fully saturated rings. The Kier molecular flexibility index (Phi) is 1.54. The fourth-order valence-electron chi connectivity index (χ4n) is 0.575. The van der Waals surface area contributed by atoms with Gasteiger partial charge in [-0.05, 0) is 6.08 Å². The number of aliphatic hydroxyl groups excluding tert-OH is 1. The van der Waals surface area contributed by atoms with E-state index in [-0.39, 0.29) is 5.76 Å².